The molecule has 10 nitrogen and oxygen atoms in total. The predicted octanol–water partition coefficient (Wildman–Crippen LogP) is 1.95. The number of amides is 1. The summed E-state index contributed by atoms with van der Waals surface area (Å²) in [5, 5.41) is 52.3. The van der Waals surface area contributed by atoms with Gasteiger partial charge in [0.2, 0.25) is 5.78 Å². The molecule has 0 heterocycles. The fourth-order valence-electron chi connectivity index (χ4n) is 5.68. The number of phenolic OH excluding ortho intramolecular Hbond substituents is 1. The molecular weight excluding hydrogens is 470 g/mol. The molecule has 1 amide bonds. The van der Waals surface area contributed by atoms with Crippen LogP contribution >= 0.6 is 0 Å². The summed E-state index contributed by atoms with van der Waals surface area (Å²) < 4.78 is 0. The second-order valence-corrected chi connectivity index (χ2v) is 9.28. The van der Waals surface area contributed by atoms with E-state index < -0.39 is 58.0 Å². The minimum atomic E-state index is -2.62. The quantitative estimate of drug-likeness (QED) is 0.348. The molecule has 0 saturated heterocycles. The molecule has 0 unspecified atom stereocenters. The van der Waals surface area contributed by atoms with Crippen molar-refractivity contribution in [2.75, 3.05) is 0 Å². The fourth-order valence-corrected chi connectivity index (χ4v) is 5.68. The van der Waals surface area contributed by atoms with Gasteiger partial charge >= 0.3 is 5.97 Å². The van der Waals surface area contributed by atoms with Crippen molar-refractivity contribution in [3.05, 3.63) is 75.8 Å². The van der Waals surface area contributed by atoms with Crippen LogP contribution in [0.5, 0.6) is 5.75 Å². The van der Waals surface area contributed by atoms with Gasteiger partial charge < -0.3 is 31.3 Å². The molecule has 2 aromatic carbocycles. The number of benzene rings is 2. The van der Waals surface area contributed by atoms with Crippen LogP contribution in [-0.4, -0.2) is 54.6 Å². The molecule has 0 saturated carbocycles. The zero-order valence-electron chi connectivity index (χ0n) is 18.7. The maximum atomic E-state index is 13.6. The highest BCUT2D eigenvalue weighted by atomic mass is 16.4. The number of aromatic hydroxyl groups is 1. The summed E-state index contributed by atoms with van der Waals surface area (Å²) in [5.41, 5.74) is 3.14. The van der Waals surface area contributed by atoms with Crippen molar-refractivity contribution in [1.29, 1.82) is 0 Å². The van der Waals surface area contributed by atoms with E-state index in [1.54, 1.807) is 18.2 Å². The number of aliphatic hydroxyl groups excluding tert-OH is 2. The third kappa shape index (κ3) is 3.07. The molecule has 0 fully saturated rings. The van der Waals surface area contributed by atoms with Crippen LogP contribution in [0.2, 0.25) is 0 Å². The molecule has 0 radical (unpaired) electrons. The van der Waals surface area contributed by atoms with Crippen molar-refractivity contribution < 1.29 is 44.7 Å². The molecule has 0 spiro atoms. The number of carbonyl (C=O) groups is 4. The van der Waals surface area contributed by atoms with Crippen LogP contribution in [0, 0.1) is 11.8 Å². The van der Waals surface area contributed by atoms with Crippen LogP contribution in [0.25, 0.3) is 11.1 Å². The zero-order valence-corrected chi connectivity index (χ0v) is 18.7. The van der Waals surface area contributed by atoms with Gasteiger partial charge in [0.1, 0.15) is 22.8 Å². The lowest BCUT2D eigenvalue weighted by Crippen LogP contribution is -2.57. The van der Waals surface area contributed by atoms with Gasteiger partial charge in [0.25, 0.3) is 5.91 Å². The summed E-state index contributed by atoms with van der Waals surface area (Å²) in [7, 11) is 0. The zero-order chi connectivity index (χ0) is 26.1. The number of carbonyl (C=O) groups excluding carboxylic acids is 3. The van der Waals surface area contributed by atoms with Gasteiger partial charge in [0.15, 0.2) is 11.4 Å². The summed E-state index contributed by atoms with van der Waals surface area (Å²) >= 11 is 0. The second-order valence-electron chi connectivity index (χ2n) is 9.28. The molecule has 0 aromatic heterocycles. The number of aliphatic hydroxyl groups is 3. The number of rotatable bonds is 3. The van der Waals surface area contributed by atoms with Gasteiger partial charge in [-0.3, -0.25) is 14.4 Å². The average Bonchev–Trinajstić information content (AvgIpc) is 2.81. The van der Waals surface area contributed by atoms with Crippen LogP contribution in [0.15, 0.2) is 59.1 Å². The highest BCUT2D eigenvalue weighted by Gasteiger charge is 2.59. The van der Waals surface area contributed by atoms with Crippen molar-refractivity contribution in [2.24, 2.45) is 17.6 Å². The lowest BCUT2D eigenvalue weighted by Gasteiger charge is -2.45. The molecule has 36 heavy (non-hydrogen) atoms. The van der Waals surface area contributed by atoms with E-state index in [-0.39, 0.29) is 41.7 Å². The Kier molecular flexibility index (Phi) is 5.04. The van der Waals surface area contributed by atoms with E-state index in [2.05, 4.69) is 0 Å². The smallest absolute Gasteiger partial charge is 0.335 e. The van der Waals surface area contributed by atoms with E-state index in [0.717, 1.165) is 0 Å². The first-order chi connectivity index (χ1) is 17.0. The molecular formula is C26H21NO9. The Morgan fingerprint density at radius 3 is 2.25 bits per heavy atom. The maximum Gasteiger partial charge on any atom is 0.335 e. The third-order valence-corrected chi connectivity index (χ3v) is 7.39. The molecule has 5 rings (SSSR count). The lowest BCUT2D eigenvalue weighted by molar-refractivity contribution is -0.144. The lowest BCUT2D eigenvalue weighted by atomic mass is 9.60. The minimum Gasteiger partial charge on any atom is -0.511 e. The van der Waals surface area contributed by atoms with E-state index in [1.165, 1.54) is 18.2 Å². The van der Waals surface area contributed by atoms with Crippen molar-refractivity contribution in [3.8, 4) is 16.9 Å². The van der Waals surface area contributed by atoms with Crippen molar-refractivity contribution in [3.63, 3.8) is 0 Å². The highest BCUT2D eigenvalue weighted by molar-refractivity contribution is 6.24. The number of hydrogen-bond acceptors (Lipinski definition) is 8. The van der Waals surface area contributed by atoms with Crippen LogP contribution < -0.4 is 5.73 Å². The Labute approximate surface area is 203 Å². The molecule has 2 aromatic rings. The van der Waals surface area contributed by atoms with Crippen molar-refractivity contribution in [2.45, 2.75) is 24.9 Å². The molecule has 7 N–H and O–H groups in total. The minimum absolute atomic E-state index is 0.0238. The number of Topliss-reactive ketones (excluding diaryl/α,β-unsaturated/α-hetero) is 2. The number of nitrogens with two attached hydrogens (primary N) is 1. The van der Waals surface area contributed by atoms with Gasteiger partial charge in [0, 0.05) is 17.9 Å². The topological polar surface area (TPSA) is 195 Å². The van der Waals surface area contributed by atoms with E-state index in [4.69, 9.17) is 10.8 Å². The number of primary amides is 1. The van der Waals surface area contributed by atoms with Crippen LogP contribution in [0.3, 0.4) is 0 Å². The molecule has 3 aliphatic rings. The molecule has 3 atom stereocenters. The third-order valence-electron chi connectivity index (χ3n) is 7.39. The van der Waals surface area contributed by atoms with Gasteiger partial charge in [-0.2, -0.15) is 0 Å². The summed E-state index contributed by atoms with van der Waals surface area (Å²) in [6.07, 6.45) is -0.131. The summed E-state index contributed by atoms with van der Waals surface area (Å²) in [4.78, 5) is 49.5. The molecule has 184 valence electrons. The predicted molar refractivity (Wildman–Crippen MR) is 123 cm³/mol. The normalized spacial score (nSPS) is 25.2. The van der Waals surface area contributed by atoms with Crippen molar-refractivity contribution in [1.82, 2.24) is 0 Å². The second kappa shape index (κ2) is 7.79. The number of phenols is 1. The van der Waals surface area contributed by atoms with Crippen LogP contribution in [-0.2, 0) is 16.0 Å². The largest absolute Gasteiger partial charge is 0.511 e. The van der Waals surface area contributed by atoms with Gasteiger partial charge in [-0.05, 0) is 53.6 Å². The Hall–Kier alpha value is -4.44. The first kappa shape index (κ1) is 23.3. The number of aromatic carboxylic acids is 1. The number of carboxylic acids is 1. The number of fused-ring (bicyclic) bond motifs is 3. The van der Waals surface area contributed by atoms with E-state index in [9.17, 15) is 39.6 Å². The van der Waals surface area contributed by atoms with Crippen LogP contribution in [0.4, 0.5) is 0 Å². The van der Waals surface area contributed by atoms with Crippen LogP contribution in [0.1, 0.15) is 39.1 Å². The summed E-state index contributed by atoms with van der Waals surface area (Å²) in [5.74, 6) is -7.95. The van der Waals surface area contributed by atoms with Gasteiger partial charge in [0.05, 0.1) is 11.1 Å². The van der Waals surface area contributed by atoms with E-state index in [0.29, 0.717) is 16.7 Å². The molecule has 3 aliphatic carbocycles. The first-order valence-electron chi connectivity index (χ1n) is 11.1. The standard InChI is InChI=1S/C26H21NO9/c27-24(33)20-17(29)9-13-7-12-8-15-14(10-1-3-11(4-2-10)25(34)35)5-6-16(28)19(15)21(30)18(12)22(31)26(13,36)23(20)32/h1-6,12-13,28-29,31,36H,7-9H2,(H2,27,33)(H,34,35)/t12-,13+,26+/m1/s1. The average molecular weight is 491 g/mol. The van der Waals surface area contributed by atoms with Gasteiger partial charge in [-0.25, -0.2) is 4.79 Å². The highest BCUT2D eigenvalue weighted by Crippen LogP contribution is 2.52. The Morgan fingerprint density at radius 1 is 0.972 bits per heavy atom. The van der Waals surface area contributed by atoms with Gasteiger partial charge in [-0.1, -0.05) is 18.2 Å². The maximum absolute atomic E-state index is 13.6. The molecule has 0 bridgehead atoms. The fraction of sp³-hybridized carbons (Fsp3) is 0.231. The monoisotopic (exact) mass is 491 g/mol. The number of hydrogen-bond donors (Lipinski definition) is 6. The van der Waals surface area contributed by atoms with E-state index >= 15 is 0 Å². The Morgan fingerprint density at radius 2 is 1.64 bits per heavy atom. The first-order valence-corrected chi connectivity index (χ1v) is 11.1. The van der Waals surface area contributed by atoms with Crippen molar-refractivity contribution >= 4 is 23.4 Å². The van der Waals surface area contributed by atoms with E-state index in [1.807, 2.05) is 0 Å². The Bertz CT molecular complexity index is 1450. The SMILES string of the molecule is NC(=O)C1=C(O)C[C@@H]2C[C@@H]3Cc4c(-c5ccc(C(=O)O)cc5)ccc(O)c4C(=O)C3=C(O)[C@]2(O)C1=O. The number of carboxylic acid groups (broad SMARTS) is 1. The summed E-state index contributed by atoms with van der Waals surface area (Å²) in [6, 6.07) is 8.89. The number of ketones is 2. The number of allylic oxidation sites excluding steroid dienone is 2. The molecule has 10 heteroatoms. The molecule has 0 aliphatic heterocycles. The summed E-state index contributed by atoms with van der Waals surface area (Å²) in [6.45, 7) is 0. The van der Waals surface area contributed by atoms with Gasteiger partial charge in [-0.15, -0.1) is 0 Å². The Balaban J connectivity index is 1.65.